The standard InChI is InChI=1S/C23H28Cl2N2O3/c1-4-21(23(29)26-3)27(15-18-19(24)7-5-8-20(18)25)22(28)9-6-14-30-17-12-10-16(2)11-13-17/h5,7-8,10-13,21H,4,6,9,14-15H2,1-3H3,(H,26,29)/t21-/m0/s1. The molecule has 0 unspecified atom stereocenters. The average Bonchev–Trinajstić information content (AvgIpc) is 2.73. The molecule has 2 amide bonds. The van der Waals surface area contributed by atoms with Crippen LogP contribution in [0.25, 0.3) is 0 Å². The van der Waals surface area contributed by atoms with Gasteiger partial charge >= 0.3 is 0 Å². The van der Waals surface area contributed by atoms with Gasteiger partial charge in [0.05, 0.1) is 6.61 Å². The first-order valence-corrected chi connectivity index (χ1v) is 10.8. The molecule has 0 spiro atoms. The molecule has 2 aromatic rings. The molecule has 0 aromatic heterocycles. The third-order valence-electron chi connectivity index (χ3n) is 4.85. The van der Waals surface area contributed by atoms with Gasteiger partial charge in [-0.15, -0.1) is 0 Å². The SMILES string of the molecule is CC[C@@H](C(=O)NC)N(Cc1c(Cl)cccc1Cl)C(=O)CCCOc1ccc(C)cc1. The molecular formula is C23H28Cl2N2O3. The van der Waals surface area contributed by atoms with Crippen LogP contribution < -0.4 is 10.1 Å². The lowest BCUT2D eigenvalue weighted by atomic mass is 10.1. The van der Waals surface area contributed by atoms with E-state index in [9.17, 15) is 9.59 Å². The van der Waals surface area contributed by atoms with Crippen molar-refractivity contribution in [2.24, 2.45) is 0 Å². The van der Waals surface area contributed by atoms with E-state index in [4.69, 9.17) is 27.9 Å². The molecule has 162 valence electrons. The molecule has 0 heterocycles. The molecule has 5 nitrogen and oxygen atoms in total. The summed E-state index contributed by atoms with van der Waals surface area (Å²) in [5.41, 5.74) is 1.79. The van der Waals surface area contributed by atoms with Crippen molar-refractivity contribution in [3.63, 3.8) is 0 Å². The lowest BCUT2D eigenvalue weighted by Crippen LogP contribution is -2.48. The van der Waals surface area contributed by atoms with Crippen molar-refractivity contribution in [2.45, 2.75) is 45.7 Å². The van der Waals surface area contributed by atoms with Crippen LogP contribution in [0.15, 0.2) is 42.5 Å². The van der Waals surface area contributed by atoms with Crippen molar-refractivity contribution in [3.05, 3.63) is 63.6 Å². The van der Waals surface area contributed by atoms with Gasteiger partial charge in [-0.2, -0.15) is 0 Å². The fourth-order valence-electron chi connectivity index (χ4n) is 3.13. The Labute approximate surface area is 188 Å². The molecule has 1 N–H and O–H groups in total. The summed E-state index contributed by atoms with van der Waals surface area (Å²) in [5, 5.41) is 3.57. The highest BCUT2D eigenvalue weighted by atomic mass is 35.5. The second-order valence-corrected chi connectivity index (χ2v) is 7.84. The van der Waals surface area contributed by atoms with Crippen molar-refractivity contribution >= 4 is 35.0 Å². The highest BCUT2D eigenvalue weighted by Crippen LogP contribution is 2.27. The van der Waals surface area contributed by atoms with E-state index in [-0.39, 0.29) is 24.8 Å². The molecule has 0 aliphatic heterocycles. The Bertz CT molecular complexity index is 836. The highest BCUT2D eigenvalue weighted by Gasteiger charge is 2.28. The normalized spacial score (nSPS) is 11.6. The minimum absolute atomic E-state index is 0.144. The van der Waals surface area contributed by atoms with Gasteiger partial charge in [0.15, 0.2) is 0 Å². The quantitative estimate of drug-likeness (QED) is 0.517. The predicted octanol–water partition coefficient (Wildman–Crippen LogP) is 5.01. The summed E-state index contributed by atoms with van der Waals surface area (Å²) in [7, 11) is 1.56. The van der Waals surface area contributed by atoms with Gasteiger partial charge in [0, 0.05) is 35.6 Å². The molecule has 0 fully saturated rings. The molecule has 30 heavy (non-hydrogen) atoms. The van der Waals surface area contributed by atoms with E-state index in [2.05, 4.69) is 5.32 Å². The molecular weight excluding hydrogens is 423 g/mol. The summed E-state index contributed by atoms with van der Waals surface area (Å²) >= 11 is 12.6. The average molecular weight is 451 g/mol. The van der Waals surface area contributed by atoms with Gasteiger partial charge in [0.1, 0.15) is 11.8 Å². The molecule has 0 aliphatic carbocycles. The Hall–Kier alpha value is -2.24. The lowest BCUT2D eigenvalue weighted by molar-refractivity contribution is -0.141. The molecule has 0 aliphatic rings. The third-order valence-corrected chi connectivity index (χ3v) is 5.56. The molecule has 2 rings (SSSR count). The number of halogens is 2. The Kier molecular flexibility index (Phi) is 9.47. The molecule has 0 saturated heterocycles. The second-order valence-electron chi connectivity index (χ2n) is 7.03. The number of hydrogen-bond acceptors (Lipinski definition) is 3. The summed E-state index contributed by atoms with van der Waals surface area (Å²) in [6.07, 6.45) is 1.26. The van der Waals surface area contributed by atoms with Crippen LogP contribution in [0.2, 0.25) is 10.0 Å². The monoisotopic (exact) mass is 450 g/mol. The number of carbonyl (C=O) groups excluding carboxylic acids is 2. The number of amides is 2. The van der Waals surface area contributed by atoms with Crippen LogP contribution in [0.3, 0.4) is 0 Å². The summed E-state index contributed by atoms with van der Waals surface area (Å²) in [6, 6.07) is 12.4. The smallest absolute Gasteiger partial charge is 0.242 e. The largest absolute Gasteiger partial charge is 0.494 e. The topological polar surface area (TPSA) is 58.6 Å². The van der Waals surface area contributed by atoms with Gasteiger partial charge in [-0.05, 0) is 44.0 Å². The van der Waals surface area contributed by atoms with Crippen LogP contribution in [-0.2, 0) is 16.1 Å². The van der Waals surface area contributed by atoms with Crippen LogP contribution in [0, 0.1) is 6.92 Å². The molecule has 0 radical (unpaired) electrons. The van der Waals surface area contributed by atoms with E-state index < -0.39 is 6.04 Å². The number of benzene rings is 2. The fourth-order valence-corrected chi connectivity index (χ4v) is 3.65. The minimum atomic E-state index is -0.604. The van der Waals surface area contributed by atoms with Crippen LogP contribution >= 0.6 is 23.2 Å². The number of rotatable bonds is 10. The van der Waals surface area contributed by atoms with Crippen molar-refractivity contribution in [3.8, 4) is 5.75 Å². The van der Waals surface area contributed by atoms with Gasteiger partial charge in [0.25, 0.3) is 0 Å². The zero-order valence-corrected chi connectivity index (χ0v) is 19.1. The third kappa shape index (κ3) is 6.64. The van der Waals surface area contributed by atoms with E-state index in [1.165, 1.54) is 0 Å². The van der Waals surface area contributed by atoms with Gasteiger partial charge in [0.2, 0.25) is 11.8 Å². The van der Waals surface area contributed by atoms with E-state index in [0.29, 0.717) is 35.1 Å². The van der Waals surface area contributed by atoms with Crippen LogP contribution in [-0.4, -0.2) is 36.4 Å². The first-order valence-electron chi connectivity index (χ1n) is 10.0. The van der Waals surface area contributed by atoms with Crippen molar-refractivity contribution in [1.29, 1.82) is 0 Å². The first-order chi connectivity index (χ1) is 14.4. The maximum atomic E-state index is 13.1. The van der Waals surface area contributed by atoms with E-state index in [1.54, 1.807) is 30.1 Å². The van der Waals surface area contributed by atoms with Crippen molar-refractivity contribution in [2.75, 3.05) is 13.7 Å². The van der Waals surface area contributed by atoms with Gasteiger partial charge in [-0.25, -0.2) is 0 Å². The minimum Gasteiger partial charge on any atom is -0.494 e. The highest BCUT2D eigenvalue weighted by molar-refractivity contribution is 6.36. The summed E-state index contributed by atoms with van der Waals surface area (Å²) < 4.78 is 5.71. The predicted molar refractivity (Wildman–Crippen MR) is 121 cm³/mol. The zero-order valence-electron chi connectivity index (χ0n) is 17.6. The van der Waals surface area contributed by atoms with Gasteiger partial charge < -0.3 is 15.0 Å². The van der Waals surface area contributed by atoms with E-state index in [0.717, 1.165) is 11.3 Å². The number of carbonyl (C=O) groups is 2. The Morgan fingerprint density at radius 2 is 1.73 bits per heavy atom. The van der Waals surface area contributed by atoms with Crippen molar-refractivity contribution < 1.29 is 14.3 Å². The first kappa shape index (κ1) is 24.0. The Morgan fingerprint density at radius 1 is 1.10 bits per heavy atom. The zero-order chi connectivity index (χ0) is 22.1. The van der Waals surface area contributed by atoms with Gasteiger partial charge in [-0.3, -0.25) is 9.59 Å². The molecule has 2 aromatic carbocycles. The lowest BCUT2D eigenvalue weighted by Gasteiger charge is -2.31. The summed E-state index contributed by atoms with van der Waals surface area (Å²) in [5.74, 6) is 0.406. The Balaban J connectivity index is 2.07. The van der Waals surface area contributed by atoms with Gasteiger partial charge in [-0.1, -0.05) is 53.9 Å². The molecule has 1 atom stereocenters. The number of aryl methyl sites for hydroxylation is 1. The van der Waals surface area contributed by atoms with E-state index in [1.807, 2.05) is 38.1 Å². The number of hydrogen-bond donors (Lipinski definition) is 1. The number of nitrogens with zero attached hydrogens (tertiary/aromatic N) is 1. The van der Waals surface area contributed by atoms with Crippen LogP contribution in [0.4, 0.5) is 0 Å². The summed E-state index contributed by atoms with van der Waals surface area (Å²) in [6.45, 7) is 4.46. The maximum Gasteiger partial charge on any atom is 0.242 e. The second kappa shape index (κ2) is 11.8. The van der Waals surface area contributed by atoms with E-state index >= 15 is 0 Å². The van der Waals surface area contributed by atoms with Crippen LogP contribution in [0.1, 0.15) is 37.3 Å². The van der Waals surface area contributed by atoms with Crippen molar-refractivity contribution in [1.82, 2.24) is 10.2 Å². The van der Waals surface area contributed by atoms with Crippen LogP contribution in [0.5, 0.6) is 5.75 Å². The number of likely N-dealkylation sites (N-methyl/N-ethyl adjacent to an activating group) is 1. The fraction of sp³-hybridized carbons (Fsp3) is 0.391. The summed E-state index contributed by atoms with van der Waals surface area (Å²) in [4.78, 5) is 27.0. The molecule has 0 saturated carbocycles. The molecule has 7 heteroatoms. The molecule has 0 bridgehead atoms. The number of nitrogens with one attached hydrogen (secondary N) is 1. The Morgan fingerprint density at radius 3 is 2.30 bits per heavy atom. The number of ether oxygens (including phenoxy) is 1. The maximum absolute atomic E-state index is 13.1.